The smallest absolute Gasteiger partial charge is 0.356 e. The number of aromatic nitrogens is 6. The Balaban J connectivity index is 0.000000160. The van der Waals surface area contributed by atoms with Gasteiger partial charge >= 0.3 is 56.5 Å². The molecule has 3 saturated heterocycles. The SMILES string of the molecule is C.C.COc1ccc(CN(CC(O)CN)C2Cc3ccccc3C2)cc1.COc1ccc(CN(CC(O)CNC(=O)c2cn3cc(C4CCOCC4)ccc3n2)C2Cc3ccccc3C2)cc1.I[I-]I.O=C(NCC(O)CNC1Cc2ccccc2C1)c1cn2cc(C3CCOCC3)ccc2n1.O=C(O)c1cn2cc(C3CCOCC3)ccc2n1. The molecule has 11 aromatic rings. The summed E-state index contributed by atoms with van der Waals surface area (Å²) >= 11 is 5.30. The number of hydrogen-bond acceptors (Lipinski definition) is 18. The van der Waals surface area contributed by atoms with Crippen molar-refractivity contribution in [1.82, 2.24) is 53.9 Å². The standard InChI is InChI=1S/C33H38N4O4.C25H30N4O3.C20H26N2O2.C13H14N2O3.2CH4.I3/c1-40-30-9-6-23(7-10-30)19-36(28-16-25-4-2-3-5-26(25)17-28)21-29(38)18-34-33(39)31-22-37-20-27(8-11-32(37)35-31)24-12-14-41-15-13-24;30-22(13-26-21-11-18-3-1-2-4-19(18)12-21)14-27-25(31)23-16-29-15-20(5-6-24(29)28-23)17-7-9-32-10-8-17;1-24-20-8-6-15(7-9-20)13-22(14-19(23)12-21)18-10-16-4-2-3-5-17(16)11-18;16-13(17)11-8-15-7-10(1-2-12(15)14-11)9-3-5-18-6-4-9;;;1-3-2/h2-11,20,22,24,28-29,38H,12-19,21H2,1H3,(H,34,39);1-6,15-17,21-22,26,30H,7-14H2,(H,27,31);2-9,18-19,23H,10-14,21H2,1H3;1-2,7-9H,3-6H2,(H,16,17);2*1H4;/q;;;;;;-1. The second kappa shape index (κ2) is 46.5. The van der Waals surface area contributed by atoms with Crippen molar-refractivity contribution in [2.75, 3.05) is 93.1 Å². The zero-order valence-corrected chi connectivity index (χ0v) is 73.4. The molecule has 9 heterocycles. The number of benzene rings is 5. The van der Waals surface area contributed by atoms with Gasteiger partial charge in [0.05, 0.1) is 32.5 Å². The molecule has 0 bridgehead atoms. The number of pyridine rings is 3. The molecule has 0 radical (unpaired) electrons. The molecule has 0 spiro atoms. The summed E-state index contributed by atoms with van der Waals surface area (Å²) in [7, 11) is 3.34. The van der Waals surface area contributed by atoms with Crippen molar-refractivity contribution in [3.05, 3.63) is 273 Å². The van der Waals surface area contributed by atoms with E-state index >= 15 is 0 Å². The number of carbonyl (C=O) groups is 3. The van der Waals surface area contributed by atoms with E-state index in [4.69, 9.17) is 34.5 Å². The largest absolute Gasteiger partial charge is 0.476 e. The predicted molar refractivity (Wildman–Crippen MR) is 482 cm³/mol. The zero-order chi connectivity index (χ0) is 82.3. The number of imidazole rings is 3. The molecule has 642 valence electrons. The third kappa shape index (κ3) is 25.8. The Hall–Kier alpha value is -8.03. The van der Waals surface area contributed by atoms with Crippen molar-refractivity contribution in [2.24, 2.45) is 5.73 Å². The predicted octanol–water partition coefficient (Wildman–Crippen LogP) is 10.0. The fourth-order valence-corrected chi connectivity index (χ4v) is 16.7. The van der Waals surface area contributed by atoms with E-state index in [0.29, 0.717) is 92.9 Å². The average molecular weight is 1970 g/mol. The number of aromatic carboxylic acids is 1. The molecule has 3 aliphatic heterocycles. The molecular formula is C93H116I3N12O12-. The van der Waals surface area contributed by atoms with Crippen LogP contribution in [-0.4, -0.2) is 206 Å². The topological polar surface area (TPSA) is 299 Å². The molecule has 3 aliphatic carbocycles. The van der Waals surface area contributed by atoms with E-state index in [1.807, 2.05) is 63.5 Å². The molecular weight excluding hydrogens is 1860 g/mol. The molecule has 2 amide bonds. The quantitative estimate of drug-likeness (QED) is 0.0234. The number of fused-ring (bicyclic) bond motifs is 6. The van der Waals surface area contributed by atoms with E-state index in [-0.39, 0.29) is 51.5 Å². The van der Waals surface area contributed by atoms with Crippen molar-refractivity contribution >= 4 is 72.0 Å². The number of nitrogens with zero attached hydrogens (tertiary/aromatic N) is 8. The number of amides is 2. The van der Waals surface area contributed by atoms with Crippen LogP contribution in [0.2, 0.25) is 0 Å². The Morgan fingerprint density at radius 2 is 0.792 bits per heavy atom. The molecule has 9 N–H and O–H groups in total. The van der Waals surface area contributed by atoms with Crippen LogP contribution in [-0.2, 0) is 65.8 Å². The van der Waals surface area contributed by atoms with Crippen LogP contribution in [0.5, 0.6) is 11.5 Å². The minimum absolute atomic E-state index is 0. The maximum atomic E-state index is 13.0. The minimum atomic E-state index is -0.994. The molecule has 120 heavy (non-hydrogen) atoms. The van der Waals surface area contributed by atoms with Crippen LogP contribution in [0.25, 0.3) is 16.9 Å². The van der Waals surface area contributed by atoms with Gasteiger partial charge in [0.1, 0.15) is 39.8 Å². The van der Waals surface area contributed by atoms with Crippen LogP contribution in [0.3, 0.4) is 0 Å². The van der Waals surface area contributed by atoms with Crippen molar-refractivity contribution in [3.63, 3.8) is 0 Å². The second-order valence-corrected chi connectivity index (χ2v) is 47.4. The van der Waals surface area contributed by atoms with Crippen molar-refractivity contribution in [1.29, 1.82) is 0 Å². The molecule has 24 nitrogen and oxygen atoms in total. The fraction of sp³-hybridized carbons (Fsp3) is 0.419. The van der Waals surface area contributed by atoms with Gasteiger partial charge in [-0.1, -0.05) is 130 Å². The average Bonchev–Trinajstić information content (AvgIpc) is 1.67. The number of rotatable bonds is 26. The monoisotopic (exact) mass is 1970 g/mol. The third-order valence-corrected chi connectivity index (χ3v) is 23.2. The van der Waals surface area contributed by atoms with Crippen LogP contribution < -0.4 is 44.4 Å². The molecule has 0 saturated carbocycles. The minimum Gasteiger partial charge on any atom is -0.476 e. The van der Waals surface area contributed by atoms with Crippen LogP contribution in [0.15, 0.2) is 195 Å². The molecule has 6 aromatic heterocycles. The van der Waals surface area contributed by atoms with Gasteiger partial charge < -0.3 is 79.0 Å². The molecule has 6 aliphatic rings. The summed E-state index contributed by atoms with van der Waals surface area (Å²) in [5.74, 6) is 1.59. The Labute approximate surface area is 734 Å². The van der Waals surface area contributed by atoms with E-state index in [1.54, 1.807) is 37.2 Å². The number of carboxylic acid groups (broad SMARTS) is 1. The van der Waals surface area contributed by atoms with E-state index in [0.717, 1.165) is 152 Å². The normalized spacial score (nSPS) is 16.4. The first kappa shape index (κ1) is 92.7. The Bertz CT molecular complexity index is 4980. The number of aliphatic hydroxyl groups is 3. The van der Waals surface area contributed by atoms with E-state index in [2.05, 4.69) is 200 Å². The molecule has 3 atom stereocenters. The van der Waals surface area contributed by atoms with Gasteiger partial charge in [-0.2, -0.15) is 0 Å². The molecule has 3 unspecified atom stereocenters. The Kier molecular flexibility index (Phi) is 35.9. The molecule has 27 heteroatoms. The Morgan fingerprint density at radius 1 is 0.467 bits per heavy atom. The first-order valence-electron chi connectivity index (χ1n) is 40.8. The van der Waals surface area contributed by atoms with Gasteiger partial charge in [0, 0.05) is 147 Å². The maximum Gasteiger partial charge on any atom is 0.356 e. The summed E-state index contributed by atoms with van der Waals surface area (Å²) in [5, 5.41) is 49.5. The number of aliphatic hydroxyl groups excluding tert-OH is 3. The number of nitrogens with one attached hydrogen (secondary N) is 3. The zero-order valence-electron chi connectivity index (χ0n) is 66.9. The third-order valence-electron chi connectivity index (χ3n) is 23.2. The van der Waals surface area contributed by atoms with E-state index in [1.165, 1.54) is 55.6 Å². The number of hydrogen-bond donors (Lipinski definition) is 8. The van der Waals surface area contributed by atoms with E-state index < -0.39 is 24.3 Å². The first-order valence-corrected chi connectivity index (χ1v) is 53.4. The van der Waals surface area contributed by atoms with Gasteiger partial charge in [-0.15, -0.1) is 0 Å². The Morgan fingerprint density at radius 3 is 1.13 bits per heavy atom. The van der Waals surface area contributed by atoms with Gasteiger partial charge in [0.15, 0.2) is 5.69 Å². The van der Waals surface area contributed by atoms with Crippen LogP contribution in [0.4, 0.5) is 0 Å². The summed E-state index contributed by atoms with van der Waals surface area (Å²) in [4.78, 5) is 54.1. The van der Waals surface area contributed by atoms with Crippen LogP contribution in [0.1, 0.15) is 164 Å². The molecule has 3 fully saturated rings. The number of nitrogens with two attached hydrogens (primary N) is 1. The summed E-state index contributed by atoms with van der Waals surface area (Å²) in [6.07, 6.45) is 21.3. The van der Waals surface area contributed by atoms with Crippen LogP contribution in [0, 0.1) is 0 Å². The number of methoxy groups -OCH3 is 2. The number of halogens is 3. The second-order valence-electron chi connectivity index (χ2n) is 31.2. The maximum absolute atomic E-state index is 13.0. The van der Waals surface area contributed by atoms with E-state index in [9.17, 15) is 29.7 Å². The fourth-order valence-electron chi connectivity index (χ4n) is 16.7. The van der Waals surface area contributed by atoms with Gasteiger partial charge in [0.2, 0.25) is 0 Å². The summed E-state index contributed by atoms with van der Waals surface area (Å²) in [5.41, 5.74) is 23.0. The van der Waals surface area contributed by atoms with Crippen molar-refractivity contribution < 1.29 is 71.7 Å². The number of carboxylic acids is 1. The summed E-state index contributed by atoms with van der Waals surface area (Å²) < 4.78 is 32.5. The van der Waals surface area contributed by atoms with Gasteiger partial charge in [0.25, 0.3) is 11.8 Å². The summed E-state index contributed by atoms with van der Waals surface area (Å²) in [6, 6.07) is 54.9. The van der Waals surface area contributed by atoms with Gasteiger partial charge in [-0.05, 0) is 198 Å². The van der Waals surface area contributed by atoms with Gasteiger partial charge in [-0.3, -0.25) is 19.4 Å². The molecule has 5 aromatic carbocycles. The number of ether oxygens (including phenoxy) is 5. The number of carbonyl (C=O) groups excluding carboxylic acids is 2. The van der Waals surface area contributed by atoms with Crippen molar-refractivity contribution in [3.8, 4) is 11.5 Å². The molecule has 17 rings (SSSR count). The first-order chi connectivity index (χ1) is 57.5. The van der Waals surface area contributed by atoms with Crippen molar-refractivity contribution in [2.45, 2.75) is 159 Å². The van der Waals surface area contributed by atoms with Crippen LogP contribution >= 0.6 is 37.2 Å². The summed E-state index contributed by atoms with van der Waals surface area (Å²) in [6.45, 7) is 8.39. The van der Waals surface area contributed by atoms with Gasteiger partial charge in [-0.25, -0.2) is 19.7 Å².